The Labute approximate surface area is 132 Å². The van der Waals surface area contributed by atoms with Crippen LogP contribution in [0, 0.1) is 5.41 Å². The smallest absolute Gasteiger partial charge is 0.175 e. The van der Waals surface area contributed by atoms with Gasteiger partial charge in [-0.25, -0.2) is 8.42 Å². The topological polar surface area (TPSA) is 66.4 Å². The first-order chi connectivity index (χ1) is 9.57. The largest absolute Gasteiger partial charge is 0.396 e. The van der Waals surface area contributed by atoms with Crippen molar-refractivity contribution in [3.63, 3.8) is 0 Å². The van der Waals surface area contributed by atoms with Gasteiger partial charge in [-0.15, -0.1) is 0 Å². The Morgan fingerprint density at radius 3 is 2.43 bits per heavy atom. The summed E-state index contributed by atoms with van der Waals surface area (Å²) in [6, 6.07) is 4.95. The minimum Gasteiger partial charge on any atom is -0.396 e. The monoisotopic (exact) mass is 333 g/mol. The molecule has 0 heterocycles. The number of benzene rings is 1. The Morgan fingerprint density at radius 2 is 1.95 bits per heavy atom. The van der Waals surface area contributed by atoms with Crippen molar-refractivity contribution in [1.29, 1.82) is 0 Å². The van der Waals surface area contributed by atoms with Crippen LogP contribution in [0.3, 0.4) is 0 Å². The molecule has 0 aliphatic carbocycles. The maximum atomic E-state index is 11.8. The summed E-state index contributed by atoms with van der Waals surface area (Å²) in [5.74, 6) is 0. The molecule has 0 bridgehead atoms. The van der Waals surface area contributed by atoms with E-state index in [1.165, 1.54) is 6.26 Å². The van der Waals surface area contributed by atoms with Crippen molar-refractivity contribution in [2.75, 3.05) is 12.9 Å². The van der Waals surface area contributed by atoms with Gasteiger partial charge in [-0.05, 0) is 24.0 Å². The third-order valence-corrected chi connectivity index (χ3v) is 5.00. The molecular weight excluding hydrogens is 310 g/mol. The molecule has 0 aliphatic heterocycles. The third kappa shape index (κ3) is 5.25. The summed E-state index contributed by atoms with van der Waals surface area (Å²) in [6.45, 7) is 6.65. The number of halogens is 1. The van der Waals surface area contributed by atoms with Crippen molar-refractivity contribution in [3.8, 4) is 0 Å². The fourth-order valence-corrected chi connectivity index (χ4v) is 3.51. The molecule has 0 radical (unpaired) electrons. The fourth-order valence-electron chi connectivity index (χ4n) is 2.25. The molecule has 2 N–H and O–H groups in total. The van der Waals surface area contributed by atoms with E-state index < -0.39 is 9.84 Å². The van der Waals surface area contributed by atoms with E-state index in [4.69, 9.17) is 11.6 Å². The zero-order valence-electron chi connectivity index (χ0n) is 13.0. The molecule has 6 heteroatoms. The minimum atomic E-state index is -3.33. The Morgan fingerprint density at radius 1 is 1.33 bits per heavy atom. The van der Waals surface area contributed by atoms with Crippen LogP contribution in [0.25, 0.3) is 0 Å². The molecule has 0 spiro atoms. The predicted octanol–water partition coefficient (Wildman–Crippen LogP) is 2.63. The Balaban J connectivity index is 3.03. The first-order valence-corrected chi connectivity index (χ1v) is 9.16. The van der Waals surface area contributed by atoms with Gasteiger partial charge in [0.05, 0.1) is 4.90 Å². The van der Waals surface area contributed by atoms with Crippen LogP contribution in [0.5, 0.6) is 0 Å². The van der Waals surface area contributed by atoms with Crippen LogP contribution in [0.1, 0.15) is 32.8 Å². The summed E-state index contributed by atoms with van der Waals surface area (Å²) in [5, 5.41) is 12.9. The molecule has 1 unspecified atom stereocenters. The minimum absolute atomic E-state index is 0.0464. The molecule has 1 aromatic rings. The molecule has 4 nitrogen and oxygen atoms in total. The lowest BCUT2D eigenvalue weighted by Crippen LogP contribution is -2.40. The lowest BCUT2D eigenvalue weighted by atomic mass is 9.85. The second-order valence-corrected chi connectivity index (χ2v) is 8.69. The van der Waals surface area contributed by atoms with E-state index in [2.05, 4.69) is 26.1 Å². The fraction of sp³-hybridized carbons (Fsp3) is 0.600. The first kappa shape index (κ1) is 18.4. The number of nitrogens with one attached hydrogen (secondary N) is 1. The molecule has 0 aromatic heterocycles. The van der Waals surface area contributed by atoms with Gasteiger partial charge in [0.1, 0.15) is 0 Å². The maximum Gasteiger partial charge on any atom is 0.175 e. The van der Waals surface area contributed by atoms with Gasteiger partial charge in [0.15, 0.2) is 9.84 Å². The van der Waals surface area contributed by atoms with E-state index >= 15 is 0 Å². The van der Waals surface area contributed by atoms with Gasteiger partial charge in [0.25, 0.3) is 0 Å². The lowest BCUT2D eigenvalue weighted by Gasteiger charge is -2.31. The zero-order chi connectivity index (χ0) is 16.3. The SMILES string of the molecule is CC(C)(C)C(CCO)NCc1c(Cl)cccc1S(C)(=O)=O. The lowest BCUT2D eigenvalue weighted by molar-refractivity contribution is 0.196. The van der Waals surface area contributed by atoms with Crippen molar-refractivity contribution in [1.82, 2.24) is 5.32 Å². The molecule has 1 atom stereocenters. The predicted molar refractivity (Wildman–Crippen MR) is 86.3 cm³/mol. The van der Waals surface area contributed by atoms with E-state index in [1.54, 1.807) is 18.2 Å². The third-order valence-electron chi connectivity index (χ3n) is 3.46. The van der Waals surface area contributed by atoms with Gasteiger partial charge in [-0.2, -0.15) is 0 Å². The summed E-state index contributed by atoms with van der Waals surface area (Å²) in [6.07, 6.45) is 1.78. The molecule has 0 saturated heterocycles. The Bertz CT molecular complexity index is 579. The molecule has 0 amide bonds. The molecule has 21 heavy (non-hydrogen) atoms. The van der Waals surface area contributed by atoms with Crippen LogP contribution in [0.2, 0.25) is 5.02 Å². The number of hydrogen-bond donors (Lipinski definition) is 2. The van der Waals surface area contributed by atoms with Crippen LogP contribution >= 0.6 is 11.6 Å². The van der Waals surface area contributed by atoms with Crippen LogP contribution in [-0.2, 0) is 16.4 Å². The van der Waals surface area contributed by atoms with Crippen molar-refractivity contribution in [2.45, 2.75) is 44.7 Å². The molecule has 0 aliphatic rings. The van der Waals surface area contributed by atoms with Crippen molar-refractivity contribution >= 4 is 21.4 Å². The van der Waals surface area contributed by atoms with Gasteiger partial charge < -0.3 is 10.4 Å². The number of sulfone groups is 1. The molecule has 1 aromatic carbocycles. The van der Waals surface area contributed by atoms with E-state index in [0.29, 0.717) is 23.6 Å². The molecule has 0 fully saturated rings. The second kappa shape index (κ2) is 7.09. The van der Waals surface area contributed by atoms with E-state index in [1.807, 2.05) is 0 Å². The highest BCUT2D eigenvalue weighted by Gasteiger charge is 2.25. The van der Waals surface area contributed by atoms with Gasteiger partial charge in [0, 0.05) is 36.0 Å². The zero-order valence-corrected chi connectivity index (χ0v) is 14.6. The van der Waals surface area contributed by atoms with Crippen LogP contribution in [0.15, 0.2) is 23.1 Å². The highest BCUT2D eigenvalue weighted by Crippen LogP contribution is 2.26. The van der Waals surface area contributed by atoms with Gasteiger partial charge >= 0.3 is 0 Å². The number of aliphatic hydroxyl groups excluding tert-OH is 1. The summed E-state index contributed by atoms with van der Waals surface area (Å²) in [4.78, 5) is 0.249. The van der Waals surface area contributed by atoms with E-state index in [-0.39, 0.29) is 23.0 Å². The Kier molecular flexibility index (Phi) is 6.23. The van der Waals surface area contributed by atoms with Gasteiger partial charge in [0.2, 0.25) is 0 Å². The average molecular weight is 334 g/mol. The van der Waals surface area contributed by atoms with E-state index in [9.17, 15) is 13.5 Å². The normalized spacial score (nSPS) is 14.2. The van der Waals surface area contributed by atoms with Crippen LogP contribution < -0.4 is 5.32 Å². The molecular formula is C15H24ClNO3S. The molecule has 120 valence electrons. The van der Waals surface area contributed by atoms with Crippen molar-refractivity contribution in [2.24, 2.45) is 5.41 Å². The molecule has 1 rings (SSSR count). The summed E-state index contributed by atoms with van der Waals surface area (Å²) in [5.41, 5.74) is 0.531. The van der Waals surface area contributed by atoms with Gasteiger partial charge in [-0.1, -0.05) is 38.4 Å². The number of hydrogen-bond acceptors (Lipinski definition) is 4. The van der Waals surface area contributed by atoms with Crippen molar-refractivity contribution < 1.29 is 13.5 Å². The Hall–Kier alpha value is -0.620. The quantitative estimate of drug-likeness (QED) is 0.840. The van der Waals surface area contributed by atoms with E-state index in [0.717, 1.165) is 0 Å². The van der Waals surface area contributed by atoms with Gasteiger partial charge in [-0.3, -0.25) is 0 Å². The van der Waals surface area contributed by atoms with Crippen LogP contribution in [-0.4, -0.2) is 32.4 Å². The maximum absolute atomic E-state index is 11.8. The summed E-state index contributed by atoms with van der Waals surface area (Å²) < 4.78 is 23.7. The highest BCUT2D eigenvalue weighted by atomic mass is 35.5. The number of rotatable bonds is 6. The second-order valence-electron chi connectivity index (χ2n) is 6.30. The average Bonchev–Trinajstić information content (AvgIpc) is 2.33. The summed E-state index contributed by atoms with van der Waals surface area (Å²) >= 11 is 6.16. The number of aliphatic hydroxyl groups is 1. The van der Waals surface area contributed by atoms with Crippen molar-refractivity contribution in [3.05, 3.63) is 28.8 Å². The standard InChI is InChI=1S/C15H24ClNO3S/c1-15(2,3)14(8-9-18)17-10-11-12(16)6-5-7-13(11)21(4,19)20/h5-7,14,17-18H,8-10H2,1-4H3. The highest BCUT2D eigenvalue weighted by molar-refractivity contribution is 7.90. The van der Waals surface area contributed by atoms with Crippen LogP contribution in [0.4, 0.5) is 0 Å². The molecule has 0 saturated carbocycles. The first-order valence-electron chi connectivity index (χ1n) is 6.89. The summed E-state index contributed by atoms with van der Waals surface area (Å²) in [7, 11) is -3.33.